The van der Waals surface area contributed by atoms with Gasteiger partial charge in [-0.2, -0.15) is 0 Å². The molecule has 2 N–H and O–H groups in total. The molecule has 2 rings (SSSR count). The van der Waals surface area contributed by atoms with E-state index in [0.717, 1.165) is 37.1 Å². The largest absolute Gasteiger partial charge is 0.444 e. The summed E-state index contributed by atoms with van der Waals surface area (Å²) < 4.78 is 5.34. The minimum Gasteiger partial charge on any atom is -0.444 e. The summed E-state index contributed by atoms with van der Waals surface area (Å²) in [5.74, 6) is 0.725. The van der Waals surface area contributed by atoms with Crippen molar-refractivity contribution in [2.75, 3.05) is 11.9 Å². The average Bonchev–Trinajstić information content (AvgIpc) is 2.58. The van der Waals surface area contributed by atoms with Crippen molar-refractivity contribution in [1.82, 2.24) is 15.3 Å². The summed E-state index contributed by atoms with van der Waals surface area (Å²) in [5.41, 5.74) is 0.188. The number of amides is 1. The van der Waals surface area contributed by atoms with Crippen molar-refractivity contribution in [3.8, 4) is 0 Å². The second kappa shape index (κ2) is 9.95. The number of carbonyl (C=O) groups excluding carboxylic acids is 1. The molecule has 0 radical (unpaired) electrons. The van der Waals surface area contributed by atoms with Crippen LogP contribution in [0.4, 0.5) is 10.6 Å². The van der Waals surface area contributed by atoms with Crippen molar-refractivity contribution < 1.29 is 9.53 Å². The lowest BCUT2D eigenvalue weighted by Gasteiger charge is -2.39. The fourth-order valence-corrected chi connectivity index (χ4v) is 3.06. The maximum atomic E-state index is 12.0. The van der Waals surface area contributed by atoms with Crippen molar-refractivity contribution in [2.45, 2.75) is 84.8 Å². The zero-order valence-corrected chi connectivity index (χ0v) is 17.7. The third-order valence-corrected chi connectivity index (χ3v) is 4.29. The number of aryl methyl sites for hydroxylation is 1. The minimum absolute atomic E-state index is 0.217. The molecule has 0 bridgehead atoms. The van der Waals surface area contributed by atoms with Crippen molar-refractivity contribution in [1.29, 1.82) is 0 Å². The molecule has 0 atom stereocenters. The fraction of sp³-hybridized carbons (Fsp3) is 0.737. The third-order valence-electron chi connectivity index (χ3n) is 4.11. The molecule has 1 aromatic heterocycles. The molecule has 26 heavy (non-hydrogen) atoms. The smallest absolute Gasteiger partial charge is 0.407 e. The van der Waals surface area contributed by atoms with Crippen LogP contribution in [0.15, 0.2) is 6.20 Å². The second-order valence-corrected chi connectivity index (χ2v) is 7.83. The molecule has 1 saturated carbocycles. The lowest BCUT2D eigenvalue weighted by molar-refractivity contribution is 0.0512. The second-order valence-electron chi connectivity index (χ2n) is 7.49. The molecule has 1 aliphatic rings. The minimum atomic E-state index is -0.506. The molecule has 0 aliphatic heterocycles. The van der Waals surface area contributed by atoms with E-state index in [2.05, 4.69) is 20.6 Å². The van der Waals surface area contributed by atoms with E-state index in [1.54, 1.807) is 6.20 Å². The highest BCUT2D eigenvalue weighted by atomic mass is 35.5. The predicted octanol–water partition coefficient (Wildman–Crippen LogP) is 5.10. The quantitative estimate of drug-likeness (QED) is 0.706. The van der Waals surface area contributed by atoms with E-state index in [4.69, 9.17) is 16.3 Å². The first-order valence-electron chi connectivity index (χ1n) is 9.43. The summed E-state index contributed by atoms with van der Waals surface area (Å²) >= 11 is 5.93. The first-order valence-corrected chi connectivity index (χ1v) is 9.81. The summed E-state index contributed by atoms with van der Waals surface area (Å²) in [6.45, 7) is 12.0. The highest BCUT2D eigenvalue weighted by molar-refractivity contribution is 6.28. The van der Waals surface area contributed by atoms with Crippen LogP contribution in [-0.4, -0.2) is 33.7 Å². The van der Waals surface area contributed by atoms with Gasteiger partial charge in [-0.05, 0) is 52.1 Å². The number of aromatic nitrogens is 2. The van der Waals surface area contributed by atoms with E-state index < -0.39 is 11.7 Å². The Kier molecular flexibility index (Phi) is 8.60. The van der Waals surface area contributed by atoms with E-state index in [1.807, 2.05) is 41.5 Å². The molecule has 1 aromatic rings. The molecule has 0 spiro atoms. The predicted molar refractivity (Wildman–Crippen MR) is 107 cm³/mol. The highest BCUT2D eigenvalue weighted by Crippen LogP contribution is 2.32. The van der Waals surface area contributed by atoms with Gasteiger partial charge in [0.05, 0.1) is 5.54 Å². The monoisotopic (exact) mass is 384 g/mol. The molecule has 6 nitrogen and oxygen atoms in total. The Morgan fingerprint density at radius 3 is 2.46 bits per heavy atom. The Hall–Kier alpha value is -1.56. The highest BCUT2D eigenvalue weighted by Gasteiger charge is 2.33. The molecule has 0 saturated heterocycles. The van der Waals surface area contributed by atoms with Crippen LogP contribution in [0.25, 0.3) is 0 Å². The van der Waals surface area contributed by atoms with E-state index in [1.165, 1.54) is 6.42 Å². The summed E-state index contributed by atoms with van der Waals surface area (Å²) in [6, 6.07) is 0. The molecule has 7 heteroatoms. The number of ether oxygens (including phenoxy) is 1. The summed E-state index contributed by atoms with van der Waals surface area (Å²) in [5, 5.41) is 6.64. The SMILES string of the molecule is CC.Cc1cnc(Cl)nc1NC1(CNC(=O)OC(C)(C)C)CCCCC1. The zero-order valence-electron chi connectivity index (χ0n) is 16.9. The molecular formula is C19H33ClN4O2. The van der Waals surface area contributed by atoms with E-state index in [9.17, 15) is 4.79 Å². The number of hydrogen-bond donors (Lipinski definition) is 2. The van der Waals surface area contributed by atoms with Crippen molar-refractivity contribution in [3.05, 3.63) is 17.0 Å². The van der Waals surface area contributed by atoms with Crippen LogP contribution in [0.1, 0.15) is 72.3 Å². The van der Waals surface area contributed by atoms with Crippen LogP contribution in [0.2, 0.25) is 5.28 Å². The van der Waals surface area contributed by atoms with E-state index >= 15 is 0 Å². The maximum absolute atomic E-state index is 12.0. The summed E-state index contributed by atoms with van der Waals surface area (Å²) in [6.07, 6.45) is 6.66. The number of nitrogens with one attached hydrogen (secondary N) is 2. The summed E-state index contributed by atoms with van der Waals surface area (Å²) in [4.78, 5) is 20.3. The Bertz CT molecular complexity index is 581. The average molecular weight is 385 g/mol. The van der Waals surface area contributed by atoms with E-state index in [-0.39, 0.29) is 10.8 Å². The first-order chi connectivity index (χ1) is 12.2. The molecule has 1 fully saturated rings. The zero-order chi connectivity index (χ0) is 19.8. The van der Waals surface area contributed by atoms with Gasteiger partial charge in [-0.25, -0.2) is 14.8 Å². The van der Waals surface area contributed by atoms with Crippen LogP contribution in [0.3, 0.4) is 0 Å². The molecule has 148 valence electrons. The Labute approximate surface area is 162 Å². The van der Waals surface area contributed by atoms with Crippen LogP contribution in [0, 0.1) is 6.92 Å². The number of rotatable bonds is 4. The van der Waals surface area contributed by atoms with Crippen LogP contribution >= 0.6 is 11.6 Å². The molecule has 1 heterocycles. The Morgan fingerprint density at radius 2 is 1.88 bits per heavy atom. The number of anilines is 1. The van der Waals surface area contributed by atoms with Gasteiger partial charge in [0.1, 0.15) is 11.4 Å². The fourth-order valence-electron chi connectivity index (χ4n) is 2.93. The molecule has 0 unspecified atom stereocenters. The number of halogens is 1. The molecule has 1 amide bonds. The number of alkyl carbamates (subject to hydrolysis) is 1. The van der Waals surface area contributed by atoms with Crippen LogP contribution < -0.4 is 10.6 Å². The lowest BCUT2D eigenvalue weighted by Crippen LogP contribution is -2.51. The Morgan fingerprint density at radius 1 is 1.27 bits per heavy atom. The van der Waals surface area contributed by atoms with Gasteiger partial charge in [-0.15, -0.1) is 0 Å². The van der Waals surface area contributed by atoms with Crippen molar-refractivity contribution in [2.24, 2.45) is 0 Å². The topological polar surface area (TPSA) is 76.1 Å². The van der Waals surface area contributed by atoms with E-state index in [0.29, 0.717) is 6.54 Å². The number of hydrogen-bond acceptors (Lipinski definition) is 5. The van der Waals surface area contributed by atoms with Crippen molar-refractivity contribution in [3.63, 3.8) is 0 Å². The van der Waals surface area contributed by atoms with Gasteiger partial charge in [0.25, 0.3) is 0 Å². The molecule has 0 aromatic carbocycles. The van der Waals surface area contributed by atoms with Gasteiger partial charge in [-0.3, -0.25) is 0 Å². The van der Waals surface area contributed by atoms with Crippen molar-refractivity contribution >= 4 is 23.5 Å². The van der Waals surface area contributed by atoms with Gasteiger partial charge in [0.15, 0.2) is 0 Å². The van der Waals surface area contributed by atoms with Gasteiger partial charge in [-0.1, -0.05) is 33.1 Å². The van der Waals surface area contributed by atoms with Crippen LogP contribution in [-0.2, 0) is 4.74 Å². The van der Waals surface area contributed by atoms with Crippen LogP contribution in [0.5, 0.6) is 0 Å². The maximum Gasteiger partial charge on any atom is 0.407 e. The van der Waals surface area contributed by atoms with Gasteiger partial charge >= 0.3 is 6.09 Å². The van der Waals surface area contributed by atoms with Gasteiger partial charge in [0, 0.05) is 18.3 Å². The lowest BCUT2D eigenvalue weighted by atomic mass is 9.81. The number of nitrogens with zero attached hydrogens (tertiary/aromatic N) is 2. The molecular weight excluding hydrogens is 352 g/mol. The number of carbonyl (C=O) groups is 1. The third kappa shape index (κ3) is 7.36. The molecule has 1 aliphatic carbocycles. The standard InChI is InChI=1S/C17H27ClN4O2.C2H6/c1-12-10-19-14(18)21-13(12)22-17(8-6-5-7-9-17)11-20-15(23)24-16(2,3)4;1-2/h10H,5-9,11H2,1-4H3,(H,20,23)(H,19,21,22);1-2H3. The normalized spacial score (nSPS) is 16.1. The summed E-state index contributed by atoms with van der Waals surface area (Å²) in [7, 11) is 0. The van der Waals surface area contributed by atoms with Gasteiger partial charge < -0.3 is 15.4 Å². The first kappa shape index (κ1) is 22.5. The van der Waals surface area contributed by atoms with Gasteiger partial charge in [0.2, 0.25) is 5.28 Å². The Balaban J connectivity index is 0.00000163.